The van der Waals surface area contributed by atoms with Gasteiger partial charge in [0.2, 0.25) is 0 Å². The molecule has 3 aliphatic rings. The van der Waals surface area contributed by atoms with Gasteiger partial charge in [-0.1, -0.05) is 225 Å². The molecule has 0 spiro atoms. The van der Waals surface area contributed by atoms with Crippen LogP contribution < -0.4 is 0 Å². The van der Waals surface area contributed by atoms with E-state index >= 15 is 0 Å². The van der Waals surface area contributed by atoms with E-state index in [2.05, 4.69) is 305 Å². The van der Waals surface area contributed by atoms with Gasteiger partial charge < -0.3 is 4.57 Å². The molecule has 1 aromatic heterocycles. The van der Waals surface area contributed by atoms with Crippen molar-refractivity contribution in [1.29, 1.82) is 0 Å². The Morgan fingerprint density at radius 1 is 0.382 bits per heavy atom. The van der Waals surface area contributed by atoms with Crippen molar-refractivity contribution in [3.63, 3.8) is 0 Å². The quantitative estimate of drug-likeness (QED) is 0.144. The molecule has 0 N–H and O–H groups in total. The monoisotopic (exact) mass is 1220 g/mol. The fourth-order valence-corrected chi connectivity index (χ4v) is 14.3. The maximum Gasteiger partial charge on any atom is 0.0547 e. The van der Waals surface area contributed by atoms with Crippen molar-refractivity contribution in [2.45, 2.75) is 52.4 Å². The van der Waals surface area contributed by atoms with Gasteiger partial charge in [0.15, 0.2) is 0 Å². The van der Waals surface area contributed by atoms with E-state index in [1.165, 1.54) is 141 Å². The SMILES string of the molecule is C.CC1(C)c2cc(Br)ccc2-c2ccc(-n3c4ccc5ccccc5c4c4c5ccccc5ccc43)cc21.CC1(C)c2cc(Br)ccc2-c2ccc(I)cc21.c1ccc2c3c(ccc2c1)Cc1ccc2ccccc2c1-3. The maximum absolute atomic E-state index is 3.70. The van der Waals surface area contributed by atoms with Gasteiger partial charge >= 0.3 is 0 Å². The van der Waals surface area contributed by atoms with E-state index in [0.29, 0.717) is 0 Å². The van der Waals surface area contributed by atoms with Gasteiger partial charge in [0.1, 0.15) is 0 Å². The minimum atomic E-state index is -0.0669. The number of aromatic nitrogens is 1. The van der Waals surface area contributed by atoms with E-state index < -0.39 is 0 Å². The van der Waals surface area contributed by atoms with E-state index in [-0.39, 0.29) is 18.3 Å². The van der Waals surface area contributed by atoms with Crippen molar-refractivity contribution in [3.05, 3.63) is 264 Å². The number of halogens is 3. The molecule has 0 atom stereocenters. The molecule has 16 rings (SSSR count). The number of benzene rings is 12. The first-order valence-corrected chi connectivity index (χ1v) is 28.5. The van der Waals surface area contributed by atoms with Crippen LogP contribution in [-0.4, -0.2) is 4.57 Å². The molecule has 0 saturated carbocycles. The lowest BCUT2D eigenvalue weighted by Gasteiger charge is -2.22. The van der Waals surface area contributed by atoms with Crippen LogP contribution in [0.1, 0.15) is 68.5 Å². The molecule has 0 radical (unpaired) electrons. The number of rotatable bonds is 1. The normalized spacial score (nSPS) is 13.8. The van der Waals surface area contributed by atoms with Gasteiger partial charge in [-0.05, 0) is 200 Å². The third-order valence-electron chi connectivity index (χ3n) is 16.7. The van der Waals surface area contributed by atoms with Crippen LogP contribution in [0.25, 0.3) is 104 Å². The highest BCUT2D eigenvalue weighted by Crippen LogP contribution is 2.52. The van der Waals surface area contributed by atoms with Crippen molar-refractivity contribution < 1.29 is 0 Å². The Hall–Kier alpha value is -6.83. The zero-order valence-corrected chi connectivity index (χ0v) is 47.4. The molecular weight excluding hydrogens is 1170 g/mol. The van der Waals surface area contributed by atoms with Crippen molar-refractivity contribution in [1.82, 2.24) is 4.57 Å². The van der Waals surface area contributed by atoms with E-state index in [9.17, 15) is 0 Å². The zero-order chi connectivity index (χ0) is 50.9. The smallest absolute Gasteiger partial charge is 0.0547 e. The first-order chi connectivity index (χ1) is 36.4. The van der Waals surface area contributed by atoms with Crippen molar-refractivity contribution >= 4 is 119 Å². The van der Waals surface area contributed by atoms with Gasteiger partial charge in [0, 0.05) is 39.8 Å². The zero-order valence-electron chi connectivity index (χ0n) is 42.1. The molecule has 13 aromatic rings. The Balaban J connectivity index is 0.000000120. The number of hydrogen-bond donors (Lipinski definition) is 0. The summed E-state index contributed by atoms with van der Waals surface area (Å²) in [5, 5.41) is 13.2. The van der Waals surface area contributed by atoms with Crippen LogP contribution >= 0.6 is 54.5 Å². The molecule has 368 valence electrons. The molecule has 12 aromatic carbocycles. The molecule has 76 heavy (non-hydrogen) atoms. The summed E-state index contributed by atoms with van der Waals surface area (Å²) in [6, 6.07) is 80.3. The lowest BCUT2D eigenvalue weighted by Crippen LogP contribution is -2.15. The summed E-state index contributed by atoms with van der Waals surface area (Å²) in [7, 11) is 0. The Morgan fingerprint density at radius 2 is 0.750 bits per heavy atom. The summed E-state index contributed by atoms with van der Waals surface area (Å²) in [6.07, 6.45) is 1.06. The van der Waals surface area contributed by atoms with Crippen LogP contribution in [0, 0.1) is 3.57 Å². The average Bonchev–Trinajstić information content (AvgIpc) is 4.21. The third-order valence-corrected chi connectivity index (χ3v) is 18.3. The van der Waals surface area contributed by atoms with Crippen LogP contribution in [0.5, 0.6) is 0 Å². The van der Waals surface area contributed by atoms with Gasteiger partial charge in [0.25, 0.3) is 0 Å². The van der Waals surface area contributed by atoms with E-state index in [0.717, 1.165) is 15.4 Å². The molecule has 1 nitrogen and oxygen atoms in total. The van der Waals surface area contributed by atoms with Crippen LogP contribution in [0.4, 0.5) is 0 Å². The number of nitrogens with zero attached hydrogens (tertiary/aromatic N) is 1. The second kappa shape index (κ2) is 18.4. The van der Waals surface area contributed by atoms with Crippen molar-refractivity contribution in [3.8, 4) is 39.1 Å². The van der Waals surface area contributed by atoms with Gasteiger partial charge in [-0.15, -0.1) is 0 Å². The molecular formula is C72H54Br2IN. The molecule has 4 heteroatoms. The largest absolute Gasteiger partial charge is 0.309 e. The Morgan fingerprint density at radius 3 is 1.22 bits per heavy atom. The molecule has 0 aliphatic heterocycles. The lowest BCUT2D eigenvalue weighted by molar-refractivity contribution is 0.659. The summed E-state index contributed by atoms with van der Waals surface area (Å²) >= 11 is 9.66. The minimum absolute atomic E-state index is 0. The first kappa shape index (κ1) is 48.8. The fraction of sp³-hybridized carbons (Fsp3) is 0.111. The topological polar surface area (TPSA) is 4.93 Å². The van der Waals surface area contributed by atoms with Crippen LogP contribution in [-0.2, 0) is 17.3 Å². The Kier molecular flexibility index (Phi) is 11.8. The van der Waals surface area contributed by atoms with Crippen molar-refractivity contribution in [2.24, 2.45) is 0 Å². The van der Waals surface area contributed by atoms with Crippen LogP contribution in [0.15, 0.2) is 227 Å². The Labute approximate surface area is 475 Å². The third kappa shape index (κ3) is 7.57. The van der Waals surface area contributed by atoms with Gasteiger partial charge in [-0.25, -0.2) is 0 Å². The molecule has 0 fully saturated rings. The molecule has 3 aliphatic carbocycles. The second-order valence-electron chi connectivity index (χ2n) is 21.6. The number of hydrogen-bond acceptors (Lipinski definition) is 0. The van der Waals surface area contributed by atoms with Gasteiger partial charge in [-0.2, -0.15) is 0 Å². The highest BCUT2D eigenvalue weighted by Gasteiger charge is 2.37. The summed E-state index contributed by atoms with van der Waals surface area (Å²) in [4.78, 5) is 0. The minimum Gasteiger partial charge on any atom is -0.309 e. The summed E-state index contributed by atoms with van der Waals surface area (Å²) < 4.78 is 6.07. The molecule has 0 amide bonds. The molecule has 0 bridgehead atoms. The van der Waals surface area contributed by atoms with E-state index in [1.807, 2.05) is 0 Å². The summed E-state index contributed by atoms with van der Waals surface area (Å²) in [6.45, 7) is 9.31. The first-order valence-electron chi connectivity index (χ1n) is 25.8. The lowest BCUT2D eigenvalue weighted by atomic mass is 9.82. The van der Waals surface area contributed by atoms with Crippen LogP contribution in [0.2, 0.25) is 0 Å². The molecule has 0 saturated heterocycles. The van der Waals surface area contributed by atoms with E-state index in [4.69, 9.17) is 0 Å². The highest BCUT2D eigenvalue weighted by atomic mass is 127. The Bertz CT molecular complexity index is 4330. The fourth-order valence-electron chi connectivity index (χ4n) is 13.1. The standard InChI is InChI=1S/C35H24BrN.C21H14.C15H12BrI.CH4/c1-35(2)29-19-23(36)13-15-27(29)28-16-14-24(20-30(28)35)37-31-17-11-21-7-3-5-9-25(21)33(31)34-26-10-6-4-8-22(26)12-18-32(34)37;1-3-7-18-14(5-1)9-11-16-13-17-12-10-15-6-2-4-8-19(15)21(17)20(16)18;1-15(2)13-7-9(16)3-5-11(13)12-6-4-10(17)8-14(12)15;/h3-20H,1-2H3;1-12H,13H2;3-8H,1-2H3;1H4. The number of fused-ring (bicyclic) bond motifs is 20. The summed E-state index contributed by atoms with van der Waals surface area (Å²) in [5.74, 6) is 0. The maximum atomic E-state index is 3.70. The van der Waals surface area contributed by atoms with Gasteiger partial charge in [-0.3, -0.25) is 0 Å². The predicted octanol–water partition coefficient (Wildman–Crippen LogP) is 21.7. The molecule has 1 heterocycles. The predicted molar refractivity (Wildman–Crippen MR) is 342 cm³/mol. The average molecular weight is 1220 g/mol. The van der Waals surface area contributed by atoms with Crippen LogP contribution in [0.3, 0.4) is 0 Å². The second-order valence-corrected chi connectivity index (χ2v) is 24.6. The summed E-state index contributed by atoms with van der Waals surface area (Å²) in [5.41, 5.74) is 20.6. The van der Waals surface area contributed by atoms with Crippen molar-refractivity contribution in [2.75, 3.05) is 0 Å². The molecule has 0 unspecified atom stereocenters. The van der Waals surface area contributed by atoms with Gasteiger partial charge in [0.05, 0.1) is 11.0 Å². The van der Waals surface area contributed by atoms with E-state index in [1.54, 1.807) is 0 Å². The highest BCUT2D eigenvalue weighted by molar-refractivity contribution is 14.1.